The summed E-state index contributed by atoms with van der Waals surface area (Å²) in [6, 6.07) is 3.35. The number of hydrogen-bond acceptors (Lipinski definition) is 7. The molecule has 0 aliphatic rings. The van der Waals surface area contributed by atoms with E-state index in [4.69, 9.17) is 0 Å². The molecule has 9 nitrogen and oxygen atoms in total. The summed E-state index contributed by atoms with van der Waals surface area (Å²) in [7, 11) is 0. The minimum absolute atomic E-state index is 0.194. The molecule has 0 saturated carbocycles. The normalized spacial score (nSPS) is 12.5. The number of carbonyl (C=O) groups is 1. The predicted octanol–water partition coefficient (Wildman–Crippen LogP) is 3.89. The molecule has 4 heterocycles. The van der Waals surface area contributed by atoms with Crippen molar-refractivity contribution in [1.29, 1.82) is 0 Å². The average molecular weight is 456 g/mol. The molecule has 4 aromatic heterocycles. The average Bonchev–Trinajstić information content (AvgIpc) is 3.21. The fourth-order valence-corrected chi connectivity index (χ4v) is 3.07. The molecule has 0 radical (unpaired) electrons. The van der Waals surface area contributed by atoms with E-state index in [1.54, 1.807) is 25.5 Å². The van der Waals surface area contributed by atoms with Gasteiger partial charge in [-0.15, -0.1) is 0 Å². The fourth-order valence-electron chi connectivity index (χ4n) is 3.07. The maximum absolute atomic E-state index is 12.6. The molecular weight excluding hydrogens is 437 g/mol. The lowest BCUT2D eigenvalue weighted by Gasteiger charge is -2.13. The van der Waals surface area contributed by atoms with E-state index in [0.29, 0.717) is 17.0 Å². The first-order valence-electron chi connectivity index (χ1n) is 9.98. The van der Waals surface area contributed by atoms with E-state index in [-0.39, 0.29) is 17.4 Å². The minimum Gasteiger partial charge on any atom is -0.343 e. The fraction of sp³-hybridized carbons (Fsp3) is 0.238. The van der Waals surface area contributed by atoms with Crippen LogP contribution in [-0.2, 0) is 12.7 Å². The molecule has 170 valence electrons. The van der Waals surface area contributed by atoms with E-state index in [2.05, 4.69) is 35.6 Å². The zero-order chi connectivity index (χ0) is 23.6. The standard InChI is InChI=1S/C21H19F3N8O/c1-3-32-11-29-16-9-25-14(6-17(16)32)20(33)30-12(2)15-8-28-19(10-26-15)31-18-5-4-13(7-27-18)21(22,23)24/h4-12H,3H2,1-2H3,(H,30,33)(H,27,28,31). The van der Waals surface area contributed by atoms with Crippen molar-refractivity contribution in [2.24, 2.45) is 0 Å². The van der Waals surface area contributed by atoms with Gasteiger partial charge in [0.05, 0.1) is 47.7 Å². The molecule has 0 aromatic carbocycles. The molecule has 1 unspecified atom stereocenters. The third-order valence-electron chi connectivity index (χ3n) is 4.89. The number of hydrogen-bond donors (Lipinski definition) is 2. The van der Waals surface area contributed by atoms with Crippen LogP contribution in [0.25, 0.3) is 11.0 Å². The molecule has 2 N–H and O–H groups in total. The van der Waals surface area contributed by atoms with Gasteiger partial charge in [-0.05, 0) is 32.0 Å². The van der Waals surface area contributed by atoms with Gasteiger partial charge in [0.15, 0.2) is 0 Å². The van der Waals surface area contributed by atoms with Gasteiger partial charge in [-0.25, -0.2) is 19.9 Å². The number of nitrogens with zero attached hydrogens (tertiary/aromatic N) is 6. The Bertz CT molecular complexity index is 1270. The minimum atomic E-state index is -4.45. The van der Waals surface area contributed by atoms with Gasteiger partial charge in [0.25, 0.3) is 5.91 Å². The molecule has 1 amide bonds. The van der Waals surface area contributed by atoms with Crippen molar-refractivity contribution in [2.75, 3.05) is 5.32 Å². The molecule has 0 bridgehead atoms. The Morgan fingerprint density at radius 1 is 1.03 bits per heavy atom. The molecule has 0 saturated heterocycles. The Labute approximate surface area is 186 Å². The number of carbonyl (C=O) groups excluding carboxylic acids is 1. The highest BCUT2D eigenvalue weighted by atomic mass is 19.4. The van der Waals surface area contributed by atoms with E-state index in [1.165, 1.54) is 18.5 Å². The van der Waals surface area contributed by atoms with Gasteiger partial charge in [0.2, 0.25) is 0 Å². The van der Waals surface area contributed by atoms with Crippen LogP contribution in [0.5, 0.6) is 0 Å². The number of rotatable bonds is 6. The number of amides is 1. The summed E-state index contributed by atoms with van der Waals surface area (Å²) in [5, 5.41) is 5.61. The van der Waals surface area contributed by atoms with Gasteiger partial charge in [0.1, 0.15) is 22.8 Å². The van der Waals surface area contributed by atoms with Gasteiger partial charge in [-0.3, -0.25) is 9.78 Å². The summed E-state index contributed by atoms with van der Waals surface area (Å²) in [4.78, 5) is 33.2. The van der Waals surface area contributed by atoms with Crippen molar-refractivity contribution in [1.82, 2.24) is 34.8 Å². The first-order valence-corrected chi connectivity index (χ1v) is 9.98. The SMILES string of the molecule is CCn1cnc2cnc(C(=O)NC(C)c3cnc(Nc4ccc(C(F)(F)F)cn4)cn3)cc21. The molecular formula is C21H19F3N8O. The topological polar surface area (TPSA) is 111 Å². The van der Waals surface area contributed by atoms with Gasteiger partial charge in [-0.1, -0.05) is 0 Å². The number of pyridine rings is 2. The lowest BCUT2D eigenvalue weighted by Crippen LogP contribution is -2.28. The largest absolute Gasteiger partial charge is 0.417 e. The number of fused-ring (bicyclic) bond motifs is 1. The predicted molar refractivity (Wildman–Crippen MR) is 114 cm³/mol. The number of nitrogens with one attached hydrogen (secondary N) is 2. The van der Waals surface area contributed by atoms with Crippen molar-refractivity contribution in [3.63, 3.8) is 0 Å². The highest BCUT2D eigenvalue weighted by Gasteiger charge is 2.30. The van der Waals surface area contributed by atoms with E-state index in [1.807, 2.05) is 11.5 Å². The highest BCUT2D eigenvalue weighted by Crippen LogP contribution is 2.29. The second-order valence-corrected chi connectivity index (χ2v) is 7.17. The summed E-state index contributed by atoms with van der Waals surface area (Å²) in [6.07, 6.45) is 2.40. The van der Waals surface area contributed by atoms with Gasteiger partial charge >= 0.3 is 6.18 Å². The van der Waals surface area contributed by atoms with E-state index < -0.39 is 17.8 Å². The van der Waals surface area contributed by atoms with Crippen LogP contribution in [0.1, 0.15) is 41.6 Å². The molecule has 0 fully saturated rings. The molecule has 4 rings (SSSR count). The van der Waals surface area contributed by atoms with Crippen molar-refractivity contribution in [3.8, 4) is 0 Å². The first-order chi connectivity index (χ1) is 15.7. The Morgan fingerprint density at radius 2 is 1.82 bits per heavy atom. The Balaban J connectivity index is 1.41. The van der Waals surface area contributed by atoms with Crippen molar-refractivity contribution in [2.45, 2.75) is 32.6 Å². The zero-order valence-electron chi connectivity index (χ0n) is 17.6. The van der Waals surface area contributed by atoms with Crippen LogP contribution in [0.15, 0.2) is 49.3 Å². The quantitative estimate of drug-likeness (QED) is 0.453. The first kappa shape index (κ1) is 22.1. The summed E-state index contributed by atoms with van der Waals surface area (Å²) in [5.41, 5.74) is 1.43. The van der Waals surface area contributed by atoms with Crippen LogP contribution in [0.4, 0.5) is 24.8 Å². The van der Waals surface area contributed by atoms with Crippen LogP contribution < -0.4 is 10.6 Å². The zero-order valence-corrected chi connectivity index (χ0v) is 17.6. The number of imidazole rings is 1. The number of halogens is 3. The summed E-state index contributed by atoms with van der Waals surface area (Å²) >= 11 is 0. The Hall–Kier alpha value is -4.09. The van der Waals surface area contributed by atoms with Crippen LogP contribution in [0, 0.1) is 0 Å². The molecule has 4 aromatic rings. The second-order valence-electron chi connectivity index (χ2n) is 7.17. The third kappa shape index (κ3) is 4.89. The van der Waals surface area contributed by atoms with Gasteiger partial charge in [0, 0.05) is 12.7 Å². The molecule has 12 heteroatoms. The molecule has 1 atom stereocenters. The highest BCUT2D eigenvalue weighted by molar-refractivity contribution is 5.95. The van der Waals surface area contributed by atoms with Crippen molar-refractivity contribution in [3.05, 3.63) is 66.3 Å². The van der Waals surface area contributed by atoms with E-state index in [0.717, 1.165) is 24.3 Å². The molecule has 0 spiro atoms. The second kappa shape index (κ2) is 8.81. The smallest absolute Gasteiger partial charge is 0.343 e. The third-order valence-corrected chi connectivity index (χ3v) is 4.89. The lowest BCUT2D eigenvalue weighted by molar-refractivity contribution is -0.137. The van der Waals surface area contributed by atoms with Crippen LogP contribution in [-0.4, -0.2) is 35.4 Å². The summed E-state index contributed by atoms with van der Waals surface area (Å²) in [6.45, 7) is 4.45. The van der Waals surface area contributed by atoms with Gasteiger partial charge in [-0.2, -0.15) is 13.2 Å². The molecule has 0 aliphatic heterocycles. The maximum Gasteiger partial charge on any atom is 0.417 e. The van der Waals surface area contributed by atoms with E-state index >= 15 is 0 Å². The van der Waals surface area contributed by atoms with Crippen molar-refractivity contribution >= 4 is 28.6 Å². The van der Waals surface area contributed by atoms with E-state index in [9.17, 15) is 18.0 Å². The van der Waals surface area contributed by atoms with Gasteiger partial charge < -0.3 is 15.2 Å². The Morgan fingerprint density at radius 3 is 2.45 bits per heavy atom. The molecule has 0 aliphatic carbocycles. The number of aryl methyl sites for hydroxylation is 1. The Kier molecular flexibility index (Phi) is 5.90. The van der Waals surface area contributed by atoms with Crippen LogP contribution in [0.2, 0.25) is 0 Å². The number of aromatic nitrogens is 6. The van der Waals surface area contributed by atoms with Crippen molar-refractivity contribution < 1.29 is 18.0 Å². The maximum atomic E-state index is 12.6. The van der Waals surface area contributed by atoms with Crippen LogP contribution in [0.3, 0.4) is 0 Å². The monoisotopic (exact) mass is 456 g/mol. The lowest BCUT2D eigenvalue weighted by atomic mass is 10.2. The summed E-state index contributed by atoms with van der Waals surface area (Å²) < 4.78 is 39.8. The molecule has 33 heavy (non-hydrogen) atoms. The summed E-state index contributed by atoms with van der Waals surface area (Å²) in [5.74, 6) is 0.120. The number of anilines is 2. The van der Waals surface area contributed by atoms with Crippen LogP contribution >= 0.6 is 0 Å². The number of alkyl halides is 3.